The lowest BCUT2D eigenvalue weighted by Gasteiger charge is -2.19. The third-order valence-electron chi connectivity index (χ3n) is 4.33. The third-order valence-corrected chi connectivity index (χ3v) is 4.33. The highest BCUT2D eigenvalue weighted by Gasteiger charge is 2.21. The molecule has 2 heteroatoms. The fourth-order valence-electron chi connectivity index (χ4n) is 3.01. The maximum atomic E-state index is 3.57. The largest absolute Gasteiger partial charge is 0.312 e. The van der Waals surface area contributed by atoms with Crippen LogP contribution in [0, 0.1) is 11.8 Å². The van der Waals surface area contributed by atoms with Crippen LogP contribution in [0.15, 0.2) is 24.3 Å². The van der Waals surface area contributed by atoms with Crippen molar-refractivity contribution in [1.82, 2.24) is 10.2 Å². The number of nitrogens with one attached hydrogen (secondary N) is 1. The Morgan fingerprint density at radius 3 is 2.65 bits per heavy atom. The lowest BCUT2D eigenvalue weighted by molar-refractivity contribution is 0.314. The minimum Gasteiger partial charge on any atom is -0.312 e. The van der Waals surface area contributed by atoms with Gasteiger partial charge in [0, 0.05) is 19.6 Å². The van der Waals surface area contributed by atoms with E-state index in [1.54, 1.807) is 0 Å². The normalized spacial score (nSPS) is 19.9. The van der Waals surface area contributed by atoms with Crippen molar-refractivity contribution in [3.8, 4) is 0 Å². The predicted octanol–water partition coefficient (Wildman–Crippen LogP) is 3.66. The first-order chi connectivity index (χ1) is 9.69. The maximum Gasteiger partial charge on any atom is 0.0237 e. The number of benzene rings is 1. The van der Waals surface area contributed by atoms with E-state index < -0.39 is 0 Å². The highest BCUT2D eigenvalue weighted by atomic mass is 15.1. The topological polar surface area (TPSA) is 15.3 Å². The molecule has 0 radical (unpaired) electrons. The lowest BCUT2D eigenvalue weighted by Crippen LogP contribution is -2.23. The summed E-state index contributed by atoms with van der Waals surface area (Å²) in [6, 6.07) is 8.91. The summed E-state index contributed by atoms with van der Waals surface area (Å²) in [7, 11) is 0. The summed E-state index contributed by atoms with van der Waals surface area (Å²) in [4.78, 5) is 2.62. The lowest BCUT2D eigenvalue weighted by atomic mass is 10.1. The van der Waals surface area contributed by atoms with Crippen LogP contribution in [-0.2, 0) is 13.1 Å². The molecule has 0 saturated carbocycles. The molecule has 112 valence electrons. The van der Waals surface area contributed by atoms with Crippen LogP contribution in [0.25, 0.3) is 0 Å². The molecule has 1 aliphatic rings. The number of nitrogens with zero attached hydrogens (tertiary/aromatic N) is 1. The predicted molar refractivity (Wildman–Crippen MR) is 86.7 cm³/mol. The van der Waals surface area contributed by atoms with E-state index >= 15 is 0 Å². The van der Waals surface area contributed by atoms with Crippen LogP contribution in [0.2, 0.25) is 0 Å². The molecule has 20 heavy (non-hydrogen) atoms. The highest BCUT2D eigenvalue weighted by Crippen LogP contribution is 2.22. The minimum absolute atomic E-state index is 0.714. The molecule has 1 fully saturated rings. The molecule has 1 aromatic rings. The first-order valence-corrected chi connectivity index (χ1v) is 8.19. The molecule has 0 aliphatic carbocycles. The van der Waals surface area contributed by atoms with Gasteiger partial charge in [-0.15, -0.1) is 0 Å². The zero-order chi connectivity index (χ0) is 14.4. The summed E-state index contributed by atoms with van der Waals surface area (Å²) in [5.74, 6) is 1.63. The second kappa shape index (κ2) is 7.80. The minimum atomic E-state index is 0.714. The van der Waals surface area contributed by atoms with Crippen LogP contribution in [0.4, 0.5) is 0 Å². The van der Waals surface area contributed by atoms with Gasteiger partial charge in [0.1, 0.15) is 0 Å². The second-order valence-electron chi connectivity index (χ2n) is 6.59. The molecule has 1 unspecified atom stereocenters. The number of likely N-dealkylation sites (tertiary alicyclic amines) is 1. The van der Waals surface area contributed by atoms with Gasteiger partial charge in [0.15, 0.2) is 0 Å². The van der Waals surface area contributed by atoms with Crippen LogP contribution in [0.3, 0.4) is 0 Å². The Morgan fingerprint density at radius 2 is 2.00 bits per heavy atom. The average molecular weight is 274 g/mol. The molecule has 2 rings (SSSR count). The SMILES string of the molecule is CCC1CCN(Cc2ccccc2CNCC(C)C)C1. The van der Waals surface area contributed by atoms with E-state index in [-0.39, 0.29) is 0 Å². The molecular weight excluding hydrogens is 244 g/mol. The van der Waals surface area contributed by atoms with Crippen molar-refractivity contribution >= 4 is 0 Å². The third kappa shape index (κ3) is 4.60. The van der Waals surface area contributed by atoms with E-state index in [2.05, 4.69) is 55.3 Å². The van der Waals surface area contributed by atoms with E-state index in [4.69, 9.17) is 0 Å². The number of hydrogen-bond donors (Lipinski definition) is 1. The van der Waals surface area contributed by atoms with Crippen LogP contribution in [0.1, 0.15) is 44.7 Å². The Hall–Kier alpha value is -0.860. The molecule has 0 bridgehead atoms. The zero-order valence-electron chi connectivity index (χ0n) is 13.4. The standard InChI is InChI=1S/C18H30N2/c1-4-16-9-10-20(13-16)14-18-8-6-5-7-17(18)12-19-11-15(2)3/h5-8,15-16,19H,4,9-14H2,1-3H3. The Labute approximate surface area is 124 Å². The highest BCUT2D eigenvalue weighted by molar-refractivity contribution is 5.27. The van der Waals surface area contributed by atoms with Gasteiger partial charge in [0.25, 0.3) is 0 Å². The van der Waals surface area contributed by atoms with Crippen molar-refractivity contribution in [1.29, 1.82) is 0 Å². The van der Waals surface area contributed by atoms with E-state index in [9.17, 15) is 0 Å². The van der Waals surface area contributed by atoms with Crippen LogP contribution in [-0.4, -0.2) is 24.5 Å². The summed E-state index contributed by atoms with van der Waals surface area (Å²) in [5, 5.41) is 3.57. The Kier molecular flexibility index (Phi) is 6.06. The molecule has 1 heterocycles. The van der Waals surface area contributed by atoms with Gasteiger partial charge in [0.2, 0.25) is 0 Å². The molecule has 2 nitrogen and oxygen atoms in total. The zero-order valence-corrected chi connectivity index (χ0v) is 13.4. The molecule has 0 spiro atoms. The number of rotatable bonds is 7. The van der Waals surface area contributed by atoms with E-state index in [0.717, 1.165) is 25.6 Å². The van der Waals surface area contributed by atoms with Gasteiger partial charge in [-0.3, -0.25) is 4.90 Å². The molecule has 1 N–H and O–H groups in total. The van der Waals surface area contributed by atoms with Crippen molar-refractivity contribution in [2.24, 2.45) is 11.8 Å². The van der Waals surface area contributed by atoms with Gasteiger partial charge in [-0.2, -0.15) is 0 Å². The van der Waals surface area contributed by atoms with Crippen molar-refractivity contribution in [2.45, 2.75) is 46.7 Å². The molecule has 1 aliphatic heterocycles. The van der Waals surface area contributed by atoms with E-state index in [1.807, 2.05) is 0 Å². The Bertz CT molecular complexity index is 400. The van der Waals surface area contributed by atoms with E-state index in [0.29, 0.717) is 5.92 Å². The fourth-order valence-corrected chi connectivity index (χ4v) is 3.01. The van der Waals surface area contributed by atoms with Crippen molar-refractivity contribution < 1.29 is 0 Å². The van der Waals surface area contributed by atoms with Crippen LogP contribution >= 0.6 is 0 Å². The van der Waals surface area contributed by atoms with Gasteiger partial charge < -0.3 is 5.32 Å². The van der Waals surface area contributed by atoms with E-state index in [1.165, 1.54) is 37.1 Å². The van der Waals surface area contributed by atoms with Crippen molar-refractivity contribution in [2.75, 3.05) is 19.6 Å². The summed E-state index contributed by atoms with van der Waals surface area (Å²) in [5.41, 5.74) is 2.97. The monoisotopic (exact) mass is 274 g/mol. The van der Waals surface area contributed by atoms with Crippen LogP contribution in [0.5, 0.6) is 0 Å². The first-order valence-electron chi connectivity index (χ1n) is 8.19. The van der Waals surface area contributed by atoms with Crippen molar-refractivity contribution in [3.63, 3.8) is 0 Å². The fraction of sp³-hybridized carbons (Fsp3) is 0.667. The molecular formula is C18H30N2. The van der Waals surface area contributed by atoms with Gasteiger partial charge in [-0.05, 0) is 42.5 Å². The molecule has 0 amide bonds. The summed E-state index contributed by atoms with van der Waals surface area (Å²) in [6.07, 6.45) is 2.71. The first kappa shape index (κ1) is 15.5. The maximum absolute atomic E-state index is 3.57. The van der Waals surface area contributed by atoms with Crippen molar-refractivity contribution in [3.05, 3.63) is 35.4 Å². The van der Waals surface area contributed by atoms with Gasteiger partial charge in [0.05, 0.1) is 0 Å². The van der Waals surface area contributed by atoms with Gasteiger partial charge in [-0.25, -0.2) is 0 Å². The Morgan fingerprint density at radius 1 is 1.25 bits per heavy atom. The average Bonchev–Trinajstić information content (AvgIpc) is 2.88. The summed E-state index contributed by atoms with van der Waals surface area (Å²) < 4.78 is 0. The molecule has 1 atom stereocenters. The molecule has 0 aromatic heterocycles. The summed E-state index contributed by atoms with van der Waals surface area (Å²) >= 11 is 0. The quantitative estimate of drug-likeness (QED) is 0.816. The van der Waals surface area contributed by atoms with Crippen LogP contribution < -0.4 is 5.32 Å². The van der Waals surface area contributed by atoms with Gasteiger partial charge in [-0.1, -0.05) is 51.5 Å². The smallest absolute Gasteiger partial charge is 0.0237 e. The second-order valence-corrected chi connectivity index (χ2v) is 6.59. The molecule has 1 aromatic carbocycles. The summed E-state index contributed by atoms with van der Waals surface area (Å²) in [6.45, 7) is 12.6. The Balaban J connectivity index is 1.90. The van der Waals surface area contributed by atoms with Gasteiger partial charge >= 0.3 is 0 Å². The molecule has 1 saturated heterocycles. The number of hydrogen-bond acceptors (Lipinski definition) is 2.